The molecule has 0 atom stereocenters. The van der Waals surface area contributed by atoms with Crippen LogP contribution in [-0.2, 0) is 10.1 Å². The lowest BCUT2D eigenvalue weighted by molar-refractivity contribution is 0.481. The maximum absolute atomic E-state index is 11.7. The Morgan fingerprint density at radius 2 is 1.66 bits per heavy atom. The number of hydrogen-bond acceptors (Lipinski definition) is 13. The van der Waals surface area contributed by atoms with Gasteiger partial charge in [0, 0.05) is 31.2 Å². The fraction of sp³-hybridized carbons (Fsp3) is 0.194. The van der Waals surface area contributed by atoms with Gasteiger partial charge in [0.2, 0.25) is 17.2 Å². The van der Waals surface area contributed by atoms with E-state index in [1.807, 2.05) is 25.1 Å². The lowest BCUT2D eigenvalue weighted by atomic mass is 10.0. The molecule has 0 radical (unpaired) electrons. The van der Waals surface area contributed by atoms with Crippen molar-refractivity contribution < 1.29 is 18.1 Å². The molecule has 5 rings (SSSR count). The normalized spacial score (nSPS) is 12.0. The molecule has 0 spiro atoms. The number of anilines is 3. The number of halogens is 1. The summed E-state index contributed by atoms with van der Waals surface area (Å²) in [6, 6.07) is 16.8. The van der Waals surface area contributed by atoms with Crippen molar-refractivity contribution in [2.45, 2.75) is 25.7 Å². The molecule has 0 fully saturated rings. The van der Waals surface area contributed by atoms with Gasteiger partial charge in [-0.15, -0.1) is 10.2 Å². The Labute approximate surface area is 275 Å². The van der Waals surface area contributed by atoms with E-state index >= 15 is 0 Å². The summed E-state index contributed by atoms with van der Waals surface area (Å²) in [5.41, 5.74) is 9.78. The molecule has 0 aliphatic heterocycles. The van der Waals surface area contributed by atoms with E-state index in [1.165, 1.54) is 12.1 Å². The summed E-state index contributed by atoms with van der Waals surface area (Å²) in [6.07, 6.45) is 0. The van der Waals surface area contributed by atoms with Crippen molar-refractivity contribution in [2.24, 2.45) is 26.2 Å². The highest BCUT2D eigenvalue weighted by atomic mass is 35.5. The third-order valence-electron chi connectivity index (χ3n) is 7.07. The molecule has 0 saturated carbocycles. The SMILES string of the molecule is Cc1ccc(S(=O)(=O)O)c(N=Nc2ccc(N=Nc3c(C)cc4cc(N(C)c5nc(Cl)nc(NCCN)n5)ccc4c3O)cc2C)c1. The molecule has 4 aromatic carbocycles. The second kappa shape index (κ2) is 13.7. The number of nitrogens with one attached hydrogen (secondary N) is 1. The minimum absolute atomic E-state index is 0.0237. The van der Waals surface area contributed by atoms with Gasteiger partial charge in [0.25, 0.3) is 10.1 Å². The van der Waals surface area contributed by atoms with E-state index in [1.54, 1.807) is 56.1 Å². The van der Waals surface area contributed by atoms with Gasteiger partial charge in [0.15, 0.2) is 5.75 Å². The summed E-state index contributed by atoms with van der Waals surface area (Å²) in [5.74, 6) is 0.618. The zero-order chi connectivity index (χ0) is 33.9. The molecule has 0 unspecified atom stereocenters. The van der Waals surface area contributed by atoms with Gasteiger partial charge in [-0.2, -0.15) is 33.6 Å². The van der Waals surface area contributed by atoms with Crippen LogP contribution in [-0.4, -0.2) is 53.2 Å². The average Bonchev–Trinajstić information content (AvgIpc) is 3.01. The Hall–Kier alpha value is -5.09. The first kappa shape index (κ1) is 33.3. The van der Waals surface area contributed by atoms with Crippen LogP contribution in [0, 0.1) is 20.8 Å². The quantitative estimate of drug-likeness (QED) is 0.0846. The van der Waals surface area contributed by atoms with Crippen molar-refractivity contribution in [2.75, 3.05) is 30.4 Å². The van der Waals surface area contributed by atoms with Crippen LogP contribution in [0.3, 0.4) is 0 Å². The fourth-order valence-electron chi connectivity index (χ4n) is 4.66. The Morgan fingerprint density at radius 3 is 2.38 bits per heavy atom. The molecule has 47 heavy (non-hydrogen) atoms. The summed E-state index contributed by atoms with van der Waals surface area (Å²) < 4.78 is 33.0. The number of aryl methyl sites for hydroxylation is 3. The first-order valence-electron chi connectivity index (χ1n) is 14.2. The maximum Gasteiger partial charge on any atom is 0.296 e. The molecular weight excluding hydrogens is 644 g/mol. The van der Waals surface area contributed by atoms with E-state index in [0.717, 1.165) is 16.6 Å². The number of hydrogen-bond donors (Lipinski definition) is 4. The smallest absolute Gasteiger partial charge is 0.296 e. The van der Waals surface area contributed by atoms with Crippen molar-refractivity contribution in [1.82, 2.24) is 15.0 Å². The number of fused-ring (bicyclic) bond motifs is 1. The molecule has 5 aromatic rings. The van der Waals surface area contributed by atoms with Crippen LogP contribution in [0.2, 0.25) is 5.28 Å². The molecule has 0 amide bonds. The molecule has 0 bridgehead atoms. The van der Waals surface area contributed by atoms with Crippen molar-refractivity contribution in [3.05, 3.63) is 82.6 Å². The molecule has 14 nitrogen and oxygen atoms in total. The van der Waals surface area contributed by atoms with Crippen LogP contribution < -0.4 is 16.0 Å². The Balaban J connectivity index is 1.38. The third-order valence-corrected chi connectivity index (χ3v) is 8.14. The van der Waals surface area contributed by atoms with Crippen LogP contribution in [0.5, 0.6) is 5.75 Å². The predicted molar refractivity (Wildman–Crippen MR) is 181 cm³/mol. The number of nitrogens with two attached hydrogens (primary N) is 1. The minimum Gasteiger partial charge on any atom is -0.505 e. The maximum atomic E-state index is 11.7. The first-order valence-corrected chi connectivity index (χ1v) is 16.0. The van der Waals surface area contributed by atoms with E-state index in [9.17, 15) is 18.1 Å². The van der Waals surface area contributed by atoms with Gasteiger partial charge in [0.05, 0.1) is 11.4 Å². The topological polar surface area (TPSA) is 204 Å². The zero-order valence-electron chi connectivity index (χ0n) is 25.8. The van der Waals surface area contributed by atoms with Gasteiger partial charge in [-0.05, 0) is 109 Å². The van der Waals surface area contributed by atoms with E-state index in [-0.39, 0.29) is 21.6 Å². The van der Waals surface area contributed by atoms with E-state index in [4.69, 9.17) is 17.3 Å². The average molecular weight is 675 g/mol. The number of phenolic OH excluding ortho intramolecular Hbond substituents is 1. The molecule has 5 N–H and O–H groups in total. The number of phenols is 1. The third kappa shape index (κ3) is 7.66. The summed E-state index contributed by atoms with van der Waals surface area (Å²) >= 11 is 6.12. The van der Waals surface area contributed by atoms with E-state index in [0.29, 0.717) is 58.6 Å². The molecule has 242 valence electrons. The van der Waals surface area contributed by atoms with Crippen LogP contribution >= 0.6 is 11.6 Å². The van der Waals surface area contributed by atoms with Crippen LogP contribution in [0.4, 0.5) is 40.3 Å². The van der Waals surface area contributed by atoms with Gasteiger partial charge in [0.1, 0.15) is 16.3 Å². The number of rotatable bonds is 10. The fourth-order valence-corrected chi connectivity index (χ4v) is 5.42. The first-order chi connectivity index (χ1) is 22.3. The monoisotopic (exact) mass is 674 g/mol. The highest BCUT2D eigenvalue weighted by molar-refractivity contribution is 7.86. The molecule has 16 heteroatoms. The summed E-state index contributed by atoms with van der Waals surface area (Å²) in [7, 11) is -2.68. The van der Waals surface area contributed by atoms with Gasteiger partial charge < -0.3 is 21.1 Å². The van der Waals surface area contributed by atoms with Crippen LogP contribution in [0.1, 0.15) is 16.7 Å². The molecule has 1 aromatic heterocycles. The summed E-state index contributed by atoms with van der Waals surface area (Å²) in [5, 5.41) is 32.5. The Bertz CT molecular complexity index is 2160. The van der Waals surface area contributed by atoms with Gasteiger partial charge in [-0.1, -0.05) is 6.07 Å². The lowest BCUT2D eigenvalue weighted by Crippen LogP contribution is -2.18. The summed E-state index contributed by atoms with van der Waals surface area (Å²) in [6.45, 7) is 6.28. The second-order valence-electron chi connectivity index (χ2n) is 10.6. The van der Waals surface area contributed by atoms with Crippen molar-refractivity contribution >= 4 is 72.8 Å². The predicted octanol–water partition coefficient (Wildman–Crippen LogP) is 7.53. The highest BCUT2D eigenvalue weighted by Crippen LogP contribution is 2.41. The minimum atomic E-state index is -4.47. The van der Waals surface area contributed by atoms with Crippen LogP contribution in [0.25, 0.3) is 10.8 Å². The summed E-state index contributed by atoms with van der Waals surface area (Å²) in [4.78, 5) is 14.1. The van der Waals surface area contributed by atoms with Crippen molar-refractivity contribution in [3.8, 4) is 5.75 Å². The largest absolute Gasteiger partial charge is 0.505 e. The van der Waals surface area contributed by atoms with Gasteiger partial charge >= 0.3 is 0 Å². The Morgan fingerprint density at radius 1 is 0.894 bits per heavy atom. The van der Waals surface area contributed by atoms with Gasteiger partial charge in [-0.25, -0.2) is 0 Å². The van der Waals surface area contributed by atoms with Gasteiger partial charge in [-0.3, -0.25) is 4.55 Å². The number of nitrogens with zero attached hydrogens (tertiary/aromatic N) is 8. The van der Waals surface area contributed by atoms with Crippen LogP contribution in [0.15, 0.2) is 86.0 Å². The number of aromatic hydroxyl groups is 1. The molecule has 0 saturated heterocycles. The standard InChI is InChI=1S/C31H31ClN10O4S/c1-17-5-10-26(47(44,45)46)25(13-17)40-39-24-9-6-21(15-18(24)2)38-41-27-19(3)14-20-16-22(7-8-23(20)28(27)43)42(4)31-36-29(32)35-30(37-31)34-12-11-33/h5-10,13-16,43H,11-12,33H2,1-4H3,(H,44,45,46)(H,34,35,36,37). The van der Waals surface area contributed by atoms with Crippen molar-refractivity contribution in [1.29, 1.82) is 0 Å². The molecular formula is C31H31ClN10O4S. The highest BCUT2D eigenvalue weighted by Gasteiger charge is 2.17. The number of azo groups is 2. The number of aromatic nitrogens is 3. The van der Waals surface area contributed by atoms with Crippen molar-refractivity contribution in [3.63, 3.8) is 0 Å². The lowest BCUT2D eigenvalue weighted by Gasteiger charge is -2.19. The zero-order valence-corrected chi connectivity index (χ0v) is 27.4. The number of benzene rings is 4. The second-order valence-corrected chi connectivity index (χ2v) is 12.3. The van der Waals surface area contributed by atoms with E-state index in [2.05, 4.69) is 40.7 Å². The molecule has 1 heterocycles. The van der Waals surface area contributed by atoms with E-state index < -0.39 is 10.1 Å². The Kier molecular flexibility index (Phi) is 9.72. The molecule has 0 aliphatic carbocycles. The molecule has 0 aliphatic rings.